The first-order chi connectivity index (χ1) is 29.0. The Labute approximate surface area is 365 Å². The number of hydrogen-bond donors (Lipinski definition) is 0. The van der Waals surface area contributed by atoms with Gasteiger partial charge >= 0.3 is 17.9 Å². The lowest BCUT2D eigenvalue weighted by Gasteiger charge is -2.18. The number of esters is 3. The predicted octanol–water partition coefficient (Wildman–Crippen LogP) is 16.5. The minimum Gasteiger partial charge on any atom is -0.462 e. The van der Waals surface area contributed by atoms with Gasteiger partial charge in [0.05, 0.1) is 6.42 Å². The highest BCUT2D eigenvalue weighted by atomic mass is 16.6. The number of carbonyl (C=O) groups excluding carboxylic acids is 3. The van der Waals surface area contributed by atoms with Crippen LogP contribution >= 0.6 is 0 Å². The Balaban J connectivity index is 4.31. The van der Waals surface area contributed by atoms with E-state index in [0.29, 0.717) is 12.8 Å². The first kappa shape index (κ1) is 56.6. The molecule has 59 heavy (non-hydrogen) atoms. The fourth-order valence-corrected chi connectivity index (χ4v) is 7.39. The lowest BCUT2D eigenvalue weighted by Crippen LogP contribution is -2.30. The van der Waals surface area contributed by atoms with Gasteiger partial charge in [-0.25, -0.2) is 0 Å². The van der Waals surface area contributed by atoms with Crippen molar-refractivity contribution in [2.45, 2.75) is 271 Å². The van der Waals surface area contributed by atoms with Crippen molar-refractivity contribution in [3.8, 4) is 0 Å². The molecular weight excluding hydrogens is 733 g/mol. The van der Waals surface area contributed by atoms with Crippen LogP contribution in [0.5, 0.6) is 0 Å². The molecule has 344 valence electrons. The molecule has 0 amide bonds. The average Bonchev–Trinajstić information content (AvgIpc) is 3.23. The smallest absolute Gasteiger partial charge is 0.309 e. The second-order valence-corrected chi connectivity index (χ2v) is 17.1. The molecule has 0 aromatic heterocycles. The summed E-state index contributed by atoms with van der Waals surface area (Å²) in [4.78, 5) is 37.8. The van der Waals surface area contributed by atoms with Gasteiger partial charge in [0.1, 0.15) is 13.2 Å². The van der Waals surface area contributed by atoms with Gasteiger partial charge in [-0.3, -0.25) is 14.4 Å². The van der Waals surface area contributed by atoms with Crippen LogP contribution in [0.2, 0.25) is 0 Å². The van der Waals surface area contributed by atoms with Gasteiger partial charge in [0.15, 0.2) is 6.10 Å². The number of ether oxygens (including phenoxy) is 3. The van der Waals surface area contributed by atoms with Crippen LogP contribution in [0.15, 0.2) is 36.5 Å². The van der Waals surface area contributed by atoms with Crippen LogP contribution in [0.25, 0.3) is 0 Å². The van der Waals surface area contributed by atoms with E-state index < -0.39 is 12.1 Å². The molecule has 6 heteroatoms. The third-order valence-corrected chi connectivity index (χ3v) is 11.2. The van der Waals surface area contributed by atoms with Crippen LogP contribution in [0, 0.1) is 0 Å². The SMILES string of the molecule is CC/C=C\C/C=C\C/C=C\CC(=O)OCC(COC(=O)CCCCCCCCCCCCCCCCCCC)OC(=O)CCCCCCCCCCCCCCCCC. The summed E-state index contributed by atoms with van der Waals surface area (Å²) in [5.41, 5.74) is 0. The summed E-state index contributed by atoms with van der Waals surface area (Å²) in [5, 5.41) is 0. The number of allylic oxidation sites excluding steroid dienone is 5. The topological polar surface area (TPSA) is 78.9 Å². The fraction of sp³-hybridized carbons (Fsp3) is 0.830. The van der Waals surface area contributed by atoms with Gasteiger partial charge in [-0.2, -0.15) is 0 Å². The summed E-state index contributed by atoms with van der Waals surface area (Å²) in [6.07, 6.45) is 56.0. The molecule has 0 aliphatic carbocycles. The van der Waals surface area contributed by atoms with E-state index in [2.05, 4.69) is 45.1 Å². The van der Waals surface area contributed by atoms with E-state index in [1.54, 1.807) is 6.08 Å². The second-order valence-electron chi connectivity index (χ2n) is 17.1. The molecule has 1 unspecified atom stereocenters. The summed E-state index contributed by atoms with van der Waals surface area (Å²) >= 11 is 0. The third kappa shape index (κ3) is 46.5. The van der Waals surface area contributed by atoms with E-state index in [4.69, 9.17) is 14.2 Å². The molecule has 1 atom stereocenters. The lowest BCUT2D eigenvalue weighted by atomic mass is 10.0. The van der Waals surface area contributed by atoms with Crippen molar-refractivity contribution >= 4 is 17.9 Å². The summed E-state index contributed by atoms with van der Waals surface area (Å²) in [6.45, 7) is 6.45. The molecule has 0 aromatic rings. The molecule has 0 rings (SSSR count). The van der Waals surface area contributed by atoms with E-state index in [1.807, 2.05) is 6.08 Å². The van der Waals surface area contributed by atoms with Crippen LogP contribution in [-0.4, -0.2) is 37.2 Å². The van der Waals surface area contributed by atoms with Crippen LogP contribution in [-0.2, 0) is 28.6 Å². The Morgan fingerprint density at radius 3 is 1.03 bits per heavy atom. The van der Waals surface area contributed by atoms with Gasteiger partial charge in [-0.15, -0.1) is 0 Å². The molecule has 0 aromatic carbocycles. The zero-order valence-corrected chi connectivity index (χ0v) is 39.3. The van der Waals surface area contributed by atoms with Crippen molar-refractivity contribution in [3.63, 3.8) is 0 Å². The Hall–Kier alpha value is -2.37. The number of unbranched alkanes of at least 4 members (excludes halogenated alkanes) is 30. The molecular formula is C53H96O6. The highest BCUT2D eigenvalue weighted by Gasteiger charge is 2.19. The Bertz CT molecular complexity index is 1000. The van der Waals surface area contributed by atoms with Crippen LogP contribution in [0.4, 0.5) is 0 Å². The highest BCUT2D eigenvalue weighted by Crippen LogP contribution is 2.16. The lowest BCUT2D eigenvalue weighted by molar-refractivity contribution is -0.166. The van der Waals surface area contributed by atoms with Gasteiger partial charge in [0, 0.05) is 12.8 Å². The Kier molecular flexibility index (Phi) is 46.4. The molecule has 0 aliphatic rings. The molecule has 0 bridgehead atoms. The van der Waals surface area contributed by atoms with Crippen molar-refractivity contribution in [1.29, 1.82) is 0 Å². The average molecular weight is 829 g/mol. The quantitative estimate of drug-likeness (QED) is 0.0263. The highest BCUT2D eigenvalue weighted by molar-refractivity contribution is 5.72. The van der Waals surface area contributed by atoms with E-state index in [1.165, 1.54) is 167 Å². The minimum absolute atomic E-state index is 0.0945. The van der Waals surface area contributed by atoms with Crippen molar-refractivity contribution in [2.24, 2.45) is 0 Å². The summed E-state index contributed by atoms with van der Waals surface area (Å²) in [5.74, 6) is -1.01. The van der Waals surface area contributed by atoms with E-state index >= 15 is 0 Å². The minimum atomic E-state index is -0.801. The maximum atomic E-state index is 12.8. The van der Waals surface area contributed by atoms with Crippen LogP contribution < -0.4 is 0 Å². The van der Waals surface area contributed by atoms with Crippen molar-refractivity contribution in [3.05, 3.63) is 36.5 Å². The van der Waals surface area contributed by atoms with Gasteiger partial charge in [-0.05, 0) is 32.1 Å². The molecule has 0 N–H and O–H groups in total. The molecule has 0 saturated carbocycles. The molecule has 0 radical (unpaired) electrons. The molecule has 0 spiro atoms. The molecule has 0 aliphatic heterocycles. The monoisotopic (exact) mass is 829 g/mol. The standard InChI is InChI=1S/C53H96O6/c1-4-7-10-13-16-19-21-23-25-26-28-29-31-34-37-40-43-46-52(55)58-49-50(48-57-51(54)45-42-39-36-33-18-15-12-9-6-3)59-53(56)47-44-41-38-35-32-30-27-24-22-20-17-14-11-8-5-2/h9,12,18,33,39,42,50H,4-8,10-11,13-17,19-32,34-38,40-41,43-49H2,1-3H3/b12-9-,33-18-,42-39-. The zero-order chi connectivity index (χ0) is 43.0. The zero-order valence-electron chi connectivity index (χ0n) is 39.3. The number of carbonyl (C=O) groups is 3. The molecule has 6 nitrogen and oxygen atoms in total. The molecule has 0 fully saturated rings. The van der Waals surface area contributed by atoms with Gasteiger partial charge in [0.25, 0.3) is 0 Å². The first-order valence-electron chi connectivity index (χ1n) is 25.5. The van der Waals surface area contributed by atoms with Crippen molar-refractivity contribution in [1.82, 2.24) is 0 Å². The number of hydrogen-bond acceptors (Lipinski definition) is 6. The number of rotatable bonds is 46. The summed E-state index contributed by atoms with van der Waals surface area (Å²) in [7, 11) is 0. The largest absolute Gasteiger partial charge is 0.462 e. The van der Waals surface area contributed by atoms with E-state index in [0.717, 1.165) is 57.8 Å². The predicted molar refractivity (Wildman–Crippen MR) is 252 cm³/mol. The van der Waals surface area contributed by atoms with Crippen LogP contribution in [0.1, 0.15) is 265 Å². The van der Waals surface area contributed by atoms with Gasteiger partial charge in [0.2, 0.25) is 0 Å². The van der Waals surface area contributed by atoms with Gasteiger partial charge in [-0.1, -0.05) is 250 Å². The maximum absolute atomic E-state index is 12.8. The van der Waals surface area contributed by atoms with Crippen molar-refractivity contribution < 1.29 is 28.6 Å². The normalized spacial score (nSPS) is 12.3. The summed E-state index contributed by atoms with van der Waals surface area (Å²) < 4.78 is 16.7. The second kappa shape index (κ2) is 48.3. The summed E-state index contributed by atoms with van der Waals surface area (Å²) in [6, 6.07) is 0. The Morgan fingerprint density at radius 1 is 0.356 bits per heavy atom. The van der Waals surface area contributed by atoms with Crippen LogP contribution in [0.3, 0.4) is 0 Å². The fourth-order valence-electron chi connectivity index (χ4n) is 7.39. The molecule has 0 saturated heterocycles. The van der Waals surface area contributed by atoms with Crippen molar-refractivity contribution in [2.75, 3.05) is 13.2 Å². The van der Waals surface area contributed by atoms with E-state index in [-0.39, 0.29) is 31.6 Å². The Morgan fingerprint density at radius 2 is 0.661 bits per heavy atom. The van der Waals surface area contributed by atoms with E-state index in [9.17, 15) is 14.4 Å². The van der Waals surface area contributed by atoms with Gasteiger partial charge < -0.3 is 14.2 Å². The maximum Gasteiger partial charge on any atom is 0.309 e. The third-order valence-electron chi connectivity index (χ3n) is 11.2. The molecule has 0 heterocycles. The first-order valence-corrected chi connectivity index (χ1v) is 25.5.